The van der Waals surface area contributed by atoms with Crippen molar-refractivity contribution in [3.8, 4) is 11.5 Å². The van der Waals surface area contributed by atoms with E-state index in [2.05, 4.69) is 5.32 Å². The fraction of sp³-hybridized carbons (Fsp3) is 0.150. The molecule has 7 nitrogen and oxygen atoms in total. The molecule has 0 aliphatic carbocycles. The lowest BCUT2D eigenvalue weighted by Gasteiger charge is -2.27. The average Bonchev–Trinajstić information content (AvgIpc) is 2.61. The van der Waals surface area contributed by atoms with Crippen molar-refractivity contribution < 1.29 is 24.2 Å². The molecule has 138 valence electrons. The van der Waals surface area contributed by atoms with Gasteiger partial charge in [0.1, 0.15) is 5.57 Å². The Bertz CT molecular complexity index is 994. The first kappa shape index (κ1) is 18.2. The summed E-state index contributed by atoms with van der Waals surface area (Å²) in [6, 6.07) is 8.92. The molecule has 2 N–H and O–H groups in total. The molecule has 1 aliphatic rings. The summed E-state index contributed by atoms with van der Waals surface area (Å²) < 4.78 is 5.03. The number of carbonyl (C=O) groups excluding carboxylic acids is 3. The summed E-state index contributed by atoms with van der Waals surface area (Å²) in [5.41, 5.74) is 2.41. The third-order valence-corrected chi connectivity index (χ3v) is 4.21. The van der Waals surface area contributed by atoms with Crippen LogP contribution < -0.4 is 15.0 Å². The smallest absolute Gasteiger partial charge is 0.335 e. The maximum atomic E-state index is 12.9. The highest BCUT2D eigenvalue weighted by molar-refractivity contribution is 6.39. The highest BCUT2D eigenvalue weighted by Gasteiger charge is 2.37. The quantitative estimate of drug-likeness (QED) is 0.643. The molecule has 1 heterocycles. The molecule has 4 amide bonds. The number of hydrogen-bond acceptors (Lipinski definition) is 5. The van der Waals surface area contributed by atoms with E-state index in [1.165, 1.54) is 31.4 Å². The zero-order valence-electron chi connectivity index (χ0n) is 15.1. The Morgan fingerprint density at radius 3 is 2.48 bits per heavy atom. The van der Waals surface area contributed by atoms with Crippen molar-refractivity contribution in [1.82, 2.24) is 5.32 Å². The minimum Gasteiger partial charge on any atom is -0.504 e. The highest BCUT2D eigenvalue weighted by Crippen LogP contribution is 2.29. The van der Waals surface area contributed by atoms with Crippen molar-refractivity contribution in [3.63, 3.8) is 0 Å². The van der Waals surface area contributed by atoms with Gasteiger partial charge in [-0.25, -0.2) is 9.69 Å². The van der Waals surface area contributed by atoms with Gasteiger partial charge in [-0.3, -0.25) is 14.9 Å². The molecule has 0 spiro atoms. The summed E-state index contributed by atoms with van der Waals surface area (Å²) in [6.45, 7) is 3.69. The Balaban J connectivity index is 2.04. The topological polar surface area (TPSA) is 95.9 Å². The first-order valence-corrected chi connectivity index (χ1v) is 8.17. The van der Waals surface area contributed by atoms with Crippen LogP contribution in [0.2, 0.25) is 0 Å². The zero-order valence-corrected chi connectivity index (χ0v) is 15.1. The number of barbiturate groups is 1. The lowest BCUT2D eigenvalue weighted by molar-refractivity contribution is -0.122. The first-order chi connectivity index (χ1) is 12.8. The van der Waals surface area contributed by atoms with Crippen LogP contribution in [0, 0.1) is 13.8 Å². The average molecular weight is 366 g/mol. The predicted octanol–water partition coefficient (Wildman–Crippen LogP) is 2.68. The molecule has 1 aliphatic heterocycles. The molecular weight excluding hydrogens is 348 g/mol. The van der Waals surface area contributed by atoms with E-state index in [1.54, 1.807) is 19.1 Å². The van der Waals surface area contributed by atoms with Gasteiger partial charge in [0.15, 0.2) is 11.5 Å². The van der Waals surface area contributed by atoms with E-state index in [0.717, 1.165) is 16.0 Å². The second-order valence-electron chi connectivity index (χ2n) is 6.18. The number of methoxy groups -OCH3 is 1. The summed E-state index contributed by atoms with van der Waals surface area (Å²) in [6.07, 6.45) is 1.35. The highest BCUT2D eigenvalue weighted by atomic mass is 16.5. The lowest BCUT2D eigenvalue weighted by atomic mass is 10.0. The number of aryl methyl sites for hydroxylation is 2. The van der Waals surface area contributed by atoms with E-state index in [0.29, 0.717) is 11.3 Å². The molecular formula is C20H18N2O5. The van der Waals surface area contributed by atoms with Crippen LogP contribution in [0.25, 0.3) is 6.08 Å². The second kappa shape index (κ2) is 6.95. The summed E-state index contributed by atoms with van der Waals surface area (Å²) in [7, 11) is 1.39. The molecule has 2 aromatic rings. The van der Waals surface area contributed by atoms with Crippen molar-refractivity contribution in [1.29, 1.82) is 0 Å². The van der Waals surface area contributed by atoms with Crippen LogP contribution in [0.5, 0.6) is 11.5 Å². The van der Waals surface area contributed by atoms with Crippen LogP contribution >= 0.6 is 0 Å². The summed E-state index contributed by atoms with van der Waals surface area (Å²) in [4.78, 5) is 38.4. The summed E-state index contributed by atoms with van der Waals surface area (Å²) in [5.74, 6) is -1.36. The number of hydrogen-bond donors (Lipinski definition) is 2. The number of ether oxygens (including phenoxy) is 1. The largest absolute Gasteiger partial charge is 0.504 e. The van der Waals surface area contributed by atoms with Crippen LogP contribution in [-0.4, -0.2) is 30.1 Å². The van der Waals surface area contributed by atoms with Gasteiger partial charge in [-0.05, 0) is 49.2 Å². The third kappa shape index (κ3) is 3.39. The van der Waals surface area contributed by atoms with Crippen molar-refractivity contribution in [2.75, 3.05) is 12.0 Å². The van der Waals surface area contributed by atoms with Crippen LogP contribution in [0.15, 0.2) is 42.0 Å². The Morgan fingerprint density at radius 1 is 1.07 bits per heavy atom. The number of phenolic OH excluding ortho intramolecular Hbond substituents is 1. The van der Waals surface area contributed by atoms with Gasteiger partial charge in [-0.1, -0.05) is 23.8 Å². The molecule has 3 rings (SSSR count). The predicted molar refractivity (Wildman–Crippen MR) is 99.6 cm³/mol. The van der Waals surface area contributed by atoms with E-state index in [-0.39, 0.29) is 17.1 Å². The number of amides is 4. The molecule has 1 fully saturated rings. The fourth-order valence-corrected chi connectivity index (χ4v) is 2.88. The van der Waals surface area contributed by atoms with Gasteiger partial charge in [0.25, 0.3) is 11.8 Å². The van der Waals surface area contributed by atoms with E-state index >= 15 is 0 Å². The molecule has 7 heteroatoms. The molecule has 0 saturated carbocycles. The van der Waals surface area contributed by atoms with Crippen LogP contribution in [-0.2, 0) is 9.59 Å². The number of phenols is 1. The zero-order chi connectivity index (χ0) is 19.7. The van der Waals surface area contributed by atoms with Gasteiger partial charge in [0, 0.05) is 0 Å². The lowest BCUT2D eigenvalue weighted by Crippen LogP contribution is -2.54. The number of nitrogens with zero attached hydrogens (tertiary/aromatic N) is 1. The Morgan fingerprint density at radius 2 is 1.81 bits per heavy atom. The molecule has 1 saturated heterocycles. The van der Waals surface area contributed by atoms with Gasteiger partial charge in [0.2, 0.25) is 0 Å². The van der Waals surface area contributed by atoms with E-state index < -0.39 is 17.8 Å². The van der Waals surface area contributed by atoms with Gasteiger partial charge in [-0.15, -0.1) is 0 Å². The molecule has 0 atom stereocenters. The van der Waals surface area contributed by atoms with Gasteiger partial charge >= 0.3 is 6.03 Å². The van der Waals surface area contributed by atoms with Crippen molar-refractivity contribution in [2.45, 2.75) is 13.8 Å². The molecule has 0 radical (unpaired) electrons. The summed E-state index contributed by atoms with van der Waals surface area (Å²) in [5, 5.41) is 11.9. The maximum Gasteiger partial charge on any atom is 0.335 e. The molecule has 0 aromatic heterocycles. The van der Waals surface area contributed by atoms with Crippen molar-refractivity contribution in [3.05, 3.63) is 58.7 Å². The van der Waals surface area contributed by atoms with Crippen molar-refractivity contribution in [2.24, 2.45) is 0 Å². The Hall–Kier alpha value is -3.61. The maximum absolute atomic E-state index is 12.9. The van der Waals surface area contributed by atoms with Crippen LogP contribution in [0.1, 0.15) is 16.7 Å². The van der Waals surface area contributed by atoms with Crippen LogP contribution in [0.3, 0.4) is 0 Å². The number of benzene rings is 2. The molecule has 0 unspecified atom stereocenters. The number of rotatable bonds is 3. The molecule has 2 aromatic carbocycles. The fourth-order valence-electron chi connectivity index (χ4n) is 2.88. The molecule has 0 bridgehead atoms. The molecule has 27 heavy (non-hydrogen) atoms. The van der Waals surface area contributed by atoms with E-state index in [1.807, 2.05) is 13.0 Å². The van der Waals surface area contributed by atoms with Gasteiger partial charge < -0.3 is 9.84 Å². The number of imide groups is 2. The van der Waals surface area contributed by atoms with Gasteiger partial charge in [0.05, 0.1) is 12.8 Å². The number of anilines is 1. The number of nitrogens with one attached hydrogen (secondary N) is 1. The van der Waals surface area contributed by atoms with Crippen LogP contribution in [0.4, 0.5) is 10.5 Å². The SMILES string of the molecule is COc1cc(/C=C2\C(=O)NC(=O)N(c3ccc(C)cc3C)C2=O)ccc1O. The second-order valence-corrected chi connectivity index (χ2v) is 6.18. The Labute approximate surface area is 155 Å². The number of urea groups is 1. The normalized spacial score (nSPS) is 15.9. The van der Waals surface area contributed by atoms with E-state index in [4.69, 9.17) is 4.74 Å². The van der Waals surface area contributed by atoms with Gasteiger partial charge in [-0.2, -0.15) is 0 Å². The third-order valence-electron chi connectivity index (χ3n) is 4.21. The Kier molecular flexibility index (Phi) is 4.68. The van der Waals surface area contributed by atoms with E-state index in [9.17, 15) is 19.5 Å². The van der Waals surface area contributed by atoms with Crippen molar-refractivity contribution >= 4 is 29.6 Å². The summed E-state index contributed by atoms with van der Waals surface area (Å²) >= 11 is 0. The monoisotopic (exact) mass is 366 g/mol. The number of carbonyl (C=O) groups is 3. The minimum atomic E-state index is -0.794. The number of aromatic hydroxyl groups is 1. The standard InChI is InChI=1S/C20H18N2O5/c1-11-4-6-15(12(2)8-11)22-19(25)14(18(24)21-20(22)26)9-13-5-7-16(23)17(10-13)27-3/h4-10,23H,1-3H3,(H,21,24,26)/b14-9+. The first-order valence-electron chi connectivity index (χ1n) is 8.17. The minimum absolute atomic E-state index is 0.0637.